The van der Waals surface area contributed by atoms with E-state index >= 15 is 0 Å². The van der Waals surface area contributed by atoms with Gasteiger partial charge in [-0.1, -0.05) is 23.9 Å². The number of urea groups is 1. The topological polar surface area (TPSA) is 102 Å². The summed E-state index contributed by atoms with van der Waals surface area (Å²) >= 11 is 1.13. The van der Waals surface area contributed by atoms with Gasteiger partial charge in [0.25, 0.3) is 0 Å². The van der Waals surface area contributed by atoms with Gasteiger partial charge in [0, 0.05) is 6.54 Å². The lowest BCUT2D eigenvalue weighted by molar-refractivity contribution is -0.117. The Kier molecular flexibility index (Phi) is 5.87. The molecule has 2 N–H and O–H groups in total. The highest BCUT2D eigenvalue weighted by molar-refractivity contribution is 7.99. The molecule has 8 nitrogen and oxygen atoms in total. The fraction of sp³-hybridized carbons (Fsp3) is 0.176. The molecular formula is C17H16FN5O3S. The number of carbonyl (C=O) groups is 2. The molecule has 0 unspecified atom stereocenters. The van der Waals surface area contributed by atoms with Gasteiger partial charge in [-0.25, -0.2) is 9.18 Å². The molecule has 10 heteroatoms. The van der Waals surface area contributed by atoms with Gasteiger partial charge in [0.15, 0.2) is 16.7 Å². The Morgan fingerprint density at radius 2 is 2.04 bits per heavy atom. The summed E-state index contributed by atoms with van der Waals surface area (Å²) in [6.07, 6.45) is 1.54. The van der Waals surface area contributed by atoms with Crippen molar-refractivity contribution in [2.75, 3.05) is 11.1 Å². The first-order chi connectivity index (χ1) is 13.1. The highest BCUT2D eigenvalue weighted by Crippen LogP contribution is 2.24. The fourth-order valence-electron chi connectivity index (χ4n) is 2.28. The summed E-state index contributed by atoms with van der Waals surface area (Å²) < 4.78 is 20.6. The number of benzene rings is 1. The SMILES string of the molecule is CCn1c(SCC(=O)NC(=O)Nc2ccccc2F)nnc1-c1ccco1. The van der Waals surface area contributed by atoms with E-state index in [4.69, 9.17) is 4.42 Å². The molecule has 140 valence electrons. The van der Waals surface area contributed by atoms with E-state index in [0.717, 1.165) is 11.8 Å². The highest BCUT2D eigenvalue weighted by atomic mass is 32.2. The summed E-state index contributed by atoms with van der Waals surface area (Å²) in [5, 5.41) is 13.1. The van der Waals surface area contributed by atoms with E-state index in [-0.39, 0.29) is 11.4 Å². The maximum Gasteiger partial charge on any atom is 0.325 e. The van der Waals surface area contributed by atoms with Crippen molar-refractivity contribution < 1.29 is 18.4 Å². The summed E-state index contributed by atoms with van der Waals surface area (Å²) in [6, 6.07) is 8.39. The molecule has 0 atom stereocenters. The van der Waals surface area contributed by atoms with Crippen LogP contribution in [0.4, 0.5) is 14.9 Å². The summed E-state index contributed by atoms with van der Waals surface area (Å²) in [4.78, 5) is 23.8. The Morgan fingerprint density at radius 1 is 1.22 bits per heavy atom. The lowest BCUT2D eigenvalue weighted by Gasteiger charge is -2.08. The molecule has 0 fully saturated rings. The summed E-state index contributed by atoms with van der Waals surface area (Å²) in [5.41, 5.74) is -0.00994. The number of para-hydroxylation sites is 1. The van der Waals surface area contributed by atoms with Crippen molar-refractivity contribution in [3.63, 3.8) is 0 Å². The zero-order chi connectivity index (χ0) is 19.2. The molecular weight excluding hydrogens is 373 g/mol. The number of imide groups is 1. The minimum absolute atomic E-state index is 0.00994. The summed E-state index contributed by atoms with van der Waals surface area (Å²) in [7, 11) is 0. The van der Waals surface area contributed by atoms with Crippen LogP contribution in [0.2, 0.25) is 0 Å². The van der Waals surface area contributed by atoms with Gasteiger partial charge in [-0.3, -0.25) is 14.7 Å². The van der Waals surface area contributed by atoms with Crippen molar-refractivity contribution >= 4 is 29.4 Å². The van der Waals surface area contributed by atoms with Crippen molar-refractivity contribution in [1.29, 1.82) is 0 Å². The third kappa shape index (κ3) is 4.53. The number of nitrogens with one attached hydrogen (secondary N) is 2. The van der Waals surface area contributed by atoms with Crippen LogP contribution in [0.5, 0.6) is 0 Å². The Bertz CT molecular complexity index is 942. The number of amides is 3. The third-order valence-electron chi connectivity index (χ3n) is 3.48. The number of aromatic nitrogens is 3. The predicted octanol–water partition coefficient (Wildman–Crippen LogP) is 3.14. The first kappa shape index (κ1) is 18.6. The van der Waals surface area contributed by atoms with E-state index in [1.807, 2.05) is 6.92 Å². The maximum atomic E-state index is 13.5. The highest BCUT2D eigenvalue weighted by Gasteiger charge is 2.17. The second-order valence-corrected chi connectivity index (χ2v) is 6.24. The molecule has 0 aliphatic carbocycles. The van der Waals surface area contributed by atoms with Crippen molar-refractivity contribution in [2.24, 2.45) is 0 Å². The smallest absolute Gasteiger partial charge is 0.325 e. The standard InChI is InChI=1S/C17H16FN5O3S/c1-2-23-15(13-8-5-9-26-13)21-22-17(23)27-10-14(24)20-16(25)19-12-7-4-3-6-11(12)18/h3-9H,2,10H2,1H3,(H2,19,20,24,25). The number of rotatable bonds is 6. The molecule has 3 amide bonds. The lowest BCUT2D eigenvalue weighted by atomic mass is 10.3. The molecule has 3 aromatic rings. The number of halogens is 1. The van der Waals surface area contributed by atoms with E-state index in [1.165, 1.54) is 18.2 Å². The van der Waals surface area contributed by atoms with Crippen LogP contribution >= 0.6 is 11.8 Å². The van der Waals surface area contributed by atoms with Gasteiger partial charge in [0.2, 0.25) is 5.91 Å². The van der Waals surface area contributed by atoms with Gasteiger partial charge in [-0.15, -0.1) is 10.2 Å². The molecule has 0 radical (unpaired) electrons. The first-order valence-corrected chi connectivity index (χ1v) is 9.02. The second-order valence-electron chi connectivity index (χ2n) is 5.30. The van der Waals surface area contributed by atoms with E-state index < -0.39 is 17.8 Å². The quantitative estimate of drug-likeness (QED) is 0.628. The van der Waals surface area contributed by atoms with Gasteiger partial charge >= 0.3 is 6.03 Å². The van der Waals surface area contributed by atoms with Crippen LogP contribution in [0.3, 0.4) is 0 Å². The van der Waals surface area contributed by atoms with Crippen LogP contribution in [0, 0.1) is 5.82 Å². The molecule has 2 heterocycles. The van der Waals surface area contributed by atoms with Crippen LogP contribution in [-0.4, -0.2) is 32.5 Å². The van der Waals surface area contributed by atoms with Crippen LogP contribution in [0.15, 0.2) is 52.2 Å². The van der Waals surface area contributed by atoms with Gasteiger partial charge in [0.1, 0.15) is 5.82 Å². The first-order valence-electron chi connectivity index (χ1n) is 8.03. The maximum absolute atomic E-state index is 13.5. The monoisotopic (exact) mass is 389 g/mol. The average molecular weight is 389 g/mol. The molecule has 0 aliphatic rings. The van der Waals surface area contributed by atoms with E-state index in [2.05, 4.69) is 20.8 Å². The van der Waals surface area contributed by atoms with Crippen molar-refractivity contribution in [2.45, 2.75) is 18.6 Å². The minimum Gasteiger partial charge on any atom is -0.461 e. The largest absolute Gasteiger partial charge is 0.461 e. The normalized spacial score (nSPS) is 10.6. The van der Waals surface area contributed by atoms with Crippen LogP contribution < -0.4 is 10.6 Å². The molecule has 2 aromatic heterocycles. The molecule has 0 bridgehead atoms. The van der Waals surface area contributed by atoms with Gasteiger partial charge in [0.05, 0.1) is 17.7 Å². The third-order valence-corrected chi connectivity index (χ3v) is 4.45. The van der Waals surface area contributed by atoms with Gasteiger partial charge in [-0.05, 0) is 31.2 Å². The Hall–Kier alpha value is -3.14. The molecule has 0 spiro atoms. The zero-order valence-electron chi connectivity index (χ0n) is 14.3. The van der Waals surface area contributed by atoms with Crippen molar-refractivity contribution in [1.82, 2.24) is 20.1 Å². The molecule has 1 aromatic carbocycles. The van der Waals surface area contributed by atoms with E-state index in [1.54, 1.807) is 29.0 Å². The second kappa shape index (κ2) is 8.49. The Balaban J connectivity index is 1.56. The van der Waals surface area contributed by atoms with Crippen molar-refractivity contribution in [3.8, 4) is 11.6 Å². The van der Waals surface area contributed by atoms with Crippen LogP contribution in [0.1, 0.15) is 6.92 Å². The Morgan fingerprint density at radius 3 is 2.74 bits per heavy atom. The van der Waals surface area contributed by atoms with E-state index in [9.17, 15) is 14.0 Å². The van der Waals surface area contributed by atoms with Crippen molar-refractivity contribution in [3.05, 3.63) is 48.5 Å². The number of thioether (sulfide) groups is 1. The Labute approximate surface area is 158 Å². The van der Waals surface area contributed by atoms with Gasteiger partial charge < -0.3 is 9.73 Å². The average Bonchev–Trinajstić information content (AvgIpc) is 3.30. The van der Waals surface area contributed by atoms with E-state index in [0.29, 0.717) is 23.3 Å². The number of hydrogen-bond acceptors (Lipinski definition) is 6. The zero-order valence-corrected chi connectivity index (χ0v) is 15.1. The summed E-state index contributed by atoms with van der Waals surface area (Å²) in [5.74, 6) is -0.0521. The summed E-state index contributed by atoms with van der Waals surface area (Å²) in [6.45, 7) is 2.50. The lowest BCUT2D eigenvalue weighted by Crippen LogP contribution is -2.35. The molecule has 0 saturated heterocycles. The number of furan rings is 1. The number of hydrogen-bond donors (Lipinski definition) is 2. The molecule has 0 aliphatic heterocycles. The number of nitrogens with zero attached hydrogens (tertiary/aromatic N) is 3. The predicted molar refractivity (Wildman–Crippen MR) is 97.7 cm³/mol. The molecule has 27 heavy (non-hydrogen) atoms. The molecule has 3 rings (SSSR count). The van der Waals surface area contributed by atoms with Crippen LogP contribution in [0.25, 0.3) is 11.6 Å². The molecule has 0 saturated carbocycles. The number of carbonyl (C=O) groups excluding carboxylic acids is 2. The fourth-order valence-corrected chi connectivity index (χ4v) is 3.08. The van der Waals surface area contributed by atoms with Gasteiger partial charge in [-0.2, -0.15) is 0 Å². The minimum atomic E-state index is -0.807. The van der Waals surface area contributed by atoms with Crippen LogP contribution in [-0.2, 0) is 11.3 Å². The number of anilines is 1.